The summed E-state index contributed by atoms with van der Waals surface area (Å²) >= 11 is 0. The number of hydrogen-bond acceptors (Lipinski definition) is 3. The summed E-state index contributed by atoms with van der Waals surface area (Å²) in [6.45, 7) is 7.94. The fourth-order valence-corrected chi connectivity index (χ4v) is 3.51. The summed E-state index contributed by atoms with van der Waals surface area (Å²) in [5.41, 5.74) is 3.22. The van der Waals surface area contributed by atoms with Crippen LogP contribution in [0, 0.1) is 6.92 Å². The number of esters is 1. The summed E-state index contributed by atoms with van der Waals surface area (Å²) in [5.74, 6) is -0.438. The quantitative estimate of drug-likeness (QED) is 0.288. The summed E-state index contributed by atoms with van der Waals surface area (Å²) in [6, 6.07) is 14.7. The summed E-state index contributed by atoms with van der Waals surface area (Å²) in [7, 11) is 0. The molecule has 0 N–H and O–H groups in total. The number of benzene rings is 1. The maximum Gasteiger partial charge on any atom is 0.341 e. The van der Waals surface area contributed by atoms with Gasteiger partial charge >= 0.3 is 5.97 Å². The second kappa shape index (κ2) is 9.37. The second-order valence-corrected chi connectivity index (χ2v) is 7.27. The van der Waals surface area contributed by atoms with Crippen molar-refractivity contribution in [3.63, 3.8) is 0 Å². The number of aromatic nitrogens is 1. The summed E-state index contributed by atoms with van der Waals surface area (Å²) in [4.78, 5) is 25.9. The molecular weight excluding hydrogens is 362 g/mol. The Morgan fingerprint density at radius 2 is 2.00 bits per heavy atom. The molecule has 3 rings (SSSR count). The molecule has 3 aromatic rings. The molecule has 0 aliphatic rings. The van der Waals surface area contributed by atoms with Crippen LogP contribution in [0.3, 0.4) is 0 Å². The molecule has 29 heavy (non-hydrogen) atoms. The van der Waals surface area contributed by atoms with Crippen molar-refractivity contribution in [1.82, 2.24) is 4.40 Å². The predicted octanol–water partition coefficient (Wildman–Crippen LogP) is 5.57. The van der Waals surface area contributed by atoms with Crippen LogP contribution >= 0.6 is 0 Å². The molecule has 2 heterocycles. The highest BCUT2D eigenvalue weighted by Crippen LogP contribution is 2.28. The van der Waals surface area contributed by atoms with E-state index in [1.165, 1.54) is 10.5 Å². The number of nitrogens with zero attached hydrogens (tertiary/aromatic N) is 1. The Bertz CT molecular complexity index is 1080. The summed E-state index contributed by atoms with van der Waals surface area (Å²) < 4.78 is 7.28. The minimum absolute atomic E-state index is 0.183. The van der Waals surface area contributed by atoms with Gasteiger partial charge in [-0.2, -0.15) is 0 Å². The minimum atomic E-state index is -0.438. The third-order valence-electron chi connectivity index (χ3n) is 5.04. The van der Waals surface area contributed by atoms with Crippen molar-refractivity contribution in [2.75, 3.05) is 0 Å². The molecule has 1 unspecified atom stereocenters. The van der Waals surface area contributed by atoms with Crippen molar-refractivity contribution >= 4 is 11.5 Å². The van der Waals surface area contributed by atoms with Gasteiger partial charge in [0.05, 0.1) is 11.1 Å². The van der Waals surface area contributed by atoms with Crippen LogP contribution in [0.25, 0.3) is 16.6 Å². The normalized spacial score (nSPS) is 11.9. The Balaban J connectivity index is 2.10. The Morgan fingerprint density at radius 3 is 2.72 bits per heavy atom. The van der Waals surface area contributed by atoms with Gasteiger partial charge in [0, 0.05) is 17.8 Å². The largest absolute Gasteiger partial charge is 0.454 e. The van der Waals surface area contributed by atoms with Crippen molar-refractivity contribution in [1.29, 1.82) is 0 Å². The lowest BCUT2D eigenvalue weighted by atomic mass is 9.98. The molecule has 0 saturated heterocycles. The lowest BCUT2D eigenvalue weighted by Crippen LogP contribution is -2.21. The van der Waals surface area contributed by atoms with E-state index in [1.807, 2.05) is 37.3 Å². The van der Waals surface area contributed by atoms with Crippen LogP contribution in [-0.2, 0) is 4.74 Å². The number of carbonyl (C=O) groups is 1. The zero-order chi connectivity index (χ0) is 20.8. The standard InChI is InChI=1S/C25H27NO3/c1-4-6-7-13-20(5-2)29-25(28)24-21(19-12-10-11-18(3)16-19)17-23(27)26-15-9-8-14-22(24)26/h5,8-12,14-17,20H,2,4,6-7,13H2,1,3H3. The lowest BCUT2D eigenvalue weighted by Gasteiger charge is -2.17. The average molecular weight is 389 g/mol. The van der Waals surface area contributed by atoms with Gasteiger partial charge < -0.3 is 4.74 Å². The molecule has 0 fully saturated rings. The molecule has 0 radical (unpaired) electrons. The fourth-order valence-electron chi connectivity index (χ4n) is 3.51. The van der Waals surface area contributed by atoms with Gasteiger partial charge in [0.25, 0.3) is 5.56 Å². The number of unbranched alkanes of at least 4 members (excludes halogenated alkanes) is 2. The number of hydrogen-bond donors (Lipinski definition) is 0. The SMILES string of the molecule is C=CC(CCCCC)OC(=O)c1c(-c2cccc(C)c2)cc(=O)n2ccccc12. The zero-order valence-electron chi connectivity index (χ0n) is 17.1. The lowest BCUT2D eigenvalue weighted by molar-refractivity contribution is 0.0379. The van der Waals surface area contributed by atoms with Gasteiger partial charge in [-0.15, -0.1) is 0 Å². The van der Waals surface area contributed by atoms with Crippen molar-refractivity contribution in [2.45, 2.75) is 45.6 Å². The second-order valence-electron chi connectivity index (χ2n) is 7.27. The Kier molecular flexibility index (Phi) is 6.65. The number of rotatable bonds is 8. The highest BCUT2D eigenvalue weighted by Gasteiger charge is 2.22. The van der Waals surface area contributed by atoms with Gasteiger partial charge in [-0.05, 0) is 37.5 Å². The molecule has 0 amide bonds. The number of carbonyl (C=O) groups excluding carboxylic acids is 1. The number of aryl methyl sites for hydroxylation is 1. The number of ether oxygens (including phenoxy) is 1. The van der Waals surface area contributed by atoms with Gasteiger partial charge in [-0.1, -0.05) is 68.3 Å². The van der Waals surface area contributed by atoms with Gasteiger partial charge in [0.2, 0.25) is 0 Å². The van der Waals surface area contributed by atoms with Crippen LogP contribution in [0.5, 0.6) is 0 Å². The molecule has 0 bridgehead atoms. The molecule has 0 saturated carbocycles. The Hall–Kier alpha value is -3.14. The maximum atomic E-state index is 13.3. The first-order chi connectivity index (χ1) is 14.0. The van der Waals surface area contributed by atoms with Gasteiger partial charge in [-0.25, -0.2) is 4.79 Å². The first-order valence-electron chi connectivity index (χ1n) is 10.1. The first-order valence-corrected chi connectivity index (χ1v) is 10.1. The van der Waals surface area contributed by atoms with Crippen molar-refractivity contribution in [3.05, 3.63) is 88.9 Å². The Morgan fingerprint density at radius 1 is 1.17 bits per heavy atom. The topological polar surface area (TPSA) is 47.8 Å². The van der Waals surface area contributed by atoms with Gasteiger partial charge in [0.15, 0.2) is 0 Å². The zero-order valence-corrected chi connectivity index (χ0v) is 17.1. The number of pyridine rings is 2. The van der Waals surface area contributed by atoms with Crippen LogP contribution in [0.15, 0.2) is 72.2 Å². The van der Waals surface area contributed by atoms with Crippen molar-refractivity contribution in [3.8, 4) is 11.1 Å². The van der Waals surface area contributed by atoms with E-state index in [4.69, 9.17) is 4.74 Å². The molecule has 1 aromatic carbocycles. The molecule has 1 atom stereocenters. The van der Waals surface area contributed by atoms with Crippen molar-refractivity contribution in [2.24, 2.45) is 0 Å². The Labute approximate surface area is 171 Å². The van der Waals surface area contributed by atoms with Crippen LogP contribution in [0.2, 0.25) is 0 Å². The molecule has 0 aliphatic heterocycles. The predicted molar refractivity (Wildman–Crippen MR) is 117 cm³/mol. The third-order valence-corrected chi connectivity index (χ3v) is 5.04. The first kappa shape index (κ1) is 20.6. The fraction of sp³-hybridized carbons (Fsp3) is 0.280. The third kappa shape index (κ3) is 4.65. The highest BCUT2D eigenvalue weighted by molar-refractivity contribution is 6.04. The van der Waals surface area contributed by atoms with E-state index >= 15 is 0 Å². The van der Waals surface area contributed by atoms with E-state index in [0.717, 1.165) is 36.8 Å². The summed E-state index contributed by atoms with van der Waals surface area (Å²) in [6.07, 6.45) is 6.89. The average Bonchev–Trinajstić information content (AvgIpc) is 2.73. The molecule has 150 valence electrons. The van der Waals surface area contributed by atoms with Crippen LogP contribution in [-0.4, -0.2) is 16.5 Å². The molecule has 0 aliphatic carbocycles. The van der Waals surface area contributed by atoms with Gasteiger partial charge in [0.1, 0.15) is 6.10 Å². The maximum absolute atomic E-state index is 13.3. The van der Waals surface area contributed by atoms with E-state index in [1.54, 1.807) is 24.4 Å². The summed E-state index contributed by atoms with van der Waals surface area (Å²) in [5, 5.41) is 0. The molecular formula is C25H27NO3. The van der Waals surface area contributed by atoms with E-state index in [9.17, 15) is 9.59 Å². The molecule has 4 nitrogen and oxygen atoms in total. The molecule has 2 aromatic heterocycles. The van der Waals surface area contributed by atoms with E-state index in [-0.39, 0.29) is 11.7 Å². The van der Waals surface area contributed by atoms with Gasteiger partial charge in [-0.3, -0.25) is 9.20 Å². The van der Waals surface area contributed by atoms with Crippen molar-refractivity contribution < 1.29 is 9.53 Å². The van der Waals surface area contributed by atoms with E-state index in [0.29, 0.717) is 16.6 Å². The van der Waals surface area contributed by atoms with Crippen LogP contribution in [0.4, 0.5) is 0 Å². The van der Waals surface area contributed by atoms with Crippen LogP contribution < -0.4 is 5.56 Å². The molecule has 0 spiro atoms. The molecule has 4 heteroatoms. The number of fused-ring (bicyclic) bond motifs is 1. The highest BCUT2D eigenvalue weighted by atomic mass is 16.5. The van der Waals surface area contributed by atoms with Crippen LogP contribution in [0.1, 0.15) is 48.5 Å². The monoisotopic (exact) mass is 389 g/mol. The minimum Gasteiger partial charge on any atom is -0.454 e. The van der Waals surface area contributed by atoms with E-state index in [2.05, 4.69) is 13.5 Å². The van der Waals surface area contributed by atoms with E-state index < -0.39 is 5.97 Å². The smallest absolute Gasteiger partial charge is 0.341 e.